The van der Waals surface area contributed by atoms with Crippen molar-refractivity contribution in [2.75, 3.05) is 0 Å². The van der Waals surface area contributed by atoms with Gasteiger partial charge in [0.15, 0.2) is 0 Å². The predicted molar refractivity (Wildman–Crippen MR) is 76.0 cm³/mol. The summed E-state index contributed by atoms with van der Waals surface area (Å²) in [6.45, 7) is 7.97. The normalized spacial score (nSPS) is 15.6. The van der Waals surface area contributed by atoms with Gasteiger partial charge in [-0.15, -0.1) is 0 Å². The second kappa shape index (κ2) is 6.07. The summed E-state index contributed by atoms with van der Waals surface area (Å²) in [5.74, 6) is 0. The first-order chi connectivity index (χ1) is 7.84. The van der Waals surface area contributed by atoms with Gasteiger partial charge in [0.2, 0.25) is 0 Å². The third-order valence-corrected chi connectivity index (χ3v) is 4.41. The van der Waals surface area contributed by atoms with Crippen LogP contribution in [0.2, 0.25) is 0 Å². The molecule has 0 bridgehead atoms. The standard InChI is InChI=1S/C12H19BrN2OS/c1-5-10(15-17(16)12(2,3)4)9-6-7-14-11(13)8-9/h6-8,10,15H,5H2,1-4H3/t10?,17-/m1/s1. The lowest BCUT2D eigenvalue weighted by molar-refractivity contribution is 0.588. The van der Waals surface area contributed by atoms with E-state index in [0.29, 0.717) is 0 Å². The smallest absolute Gasteiger partial charge is 0.106 e. The Labute approximate surface area is 114 Å². The van der Waals surface area contributed by atoms with Gasteiger partial charge in [0, 0.05) is 12.2 Å². The van der Waals surface area contributed by atoms with Crippen LogP contribution in [0.5, 0.6) is 0 Å². The summed E-state index contributed by atoms with van der Waals surface area (Å²) in [5.41, 5.74) is 1.10. The first-order valence-electron chi connectivity index (χ1n) is 5.64. The van der Waals surface area contributed by atoms with E-state index in [4.69, 9.17) is 0 Å². The minimum absolute atomic E-state index is 0.0920. The molecule has 96 valence electrons. The van der Waals surface area contributed by atoms with Crippen molar-refractivity contribution in [3.05, 3.63) is 28.5 Å². The SMILES string of the molecule is CCC(N[S@](=O)C(C)(C)C)c1ccnc(Br)c1. The van der Waals surface area contributed by atoms with E-state index in [9.17, 15) is 4.21 Å². The van der Waals surface area contributed by atoms with Gasteiger partial charge >= 0.3 is 0 Å². The molecule has 17 heavy (non-hydrogen) atoms. The summed E-state index contributed by atoms with van der Waals surface area (Å²) in [4.78, 5) is 4.10. The molecule has 0 spiro atoms. The maximum Gasteiger partial charge on any atom is 0.106 e. The van der Waals surface area contributed by atoms with Gasteiger partial charge in [-0.05, 0) is 60.8 Å². The molecule has 0 aliphatic heterocycles. The van der Waals surface area contributed by atoms with Crippen LogP contribution in [0.4, 0.5) is 0 Å². The van der Waals surface area contributed by atoms with E-state index in [1.54, 1.807) is 6.20 Å². The molecule has 0 saturated carbocycles. The van der Waals surface area contributed by atoms with Crippen molar-refractivity contribution in [3.8, 4) is 0 Å². The van der Waals surface area contributed by atoms with E-state index in [0.717, 1.165) is 16.6 Å². The minimum atomic E-state index is -1.06. The van der Waals surface area contributed by atoms with Gasteiger partial charge in [0.25, 0.3) is 0 Å². The fourth-order valence-electron chi connectivity index (χ4n) is 1.33. The van der Waals surface area contributed by atoms with Crippen molar-refractivity contribution in [2.24, 2.45) is 0 Å². The van der Waals surface area contributed by atoms with Crippen molar-refractivity contribution >= 4 is 26.9 Å². The largest absolute Gasteiger partial charge is 0.249 e. The molecule has 1 aromatic rings. The quantitative estimate of drug-likeness (QED) is 0.865. The molecule has 1 unspecified atom stereocenters. The number of halogens is 1. The van der Waals surface area contributed by atoms with Crippen LogP contribution >= 0.6 is 15.9 Å². The van der Waals surface area contributed by atoms with Gasteiger partial charge in [-0.1, -0.05) is 6.92 Å². The lowest BCUT2D eigenvalue weighted by Crippen LogP contribution is -2.35. The average molecular weight is 319 g/mol. The zero-order valence-corrected chi connectivity index (χ0v) is 13.1. The van der Waals surface area contributed by atoms with Gasteiger partial charge < -0.3 is 0 Å². The highest BCUT2D eigenvalue weighted by Crippen LogP contribution is 2.21. The Morgan fingerprint density at radius 2 is 2.18 bits per heavy atom. The van der Waals surface area contributed by atoms with Gasteiger partial charge in [0.1, 0.15) is 4.60 Å². The molecule has 1 heterocycles. The molecule has 5 heteroatoms. The highest BCUT2D eigenvalue weighted by Gasteiger charge is 2.22. The number of rotatable bonds is 4. The highest BCUT2D eigenvalue weighted by molar-refractivity contribution is 9.10. The Morgan fingerprint density at radius 3 is 2.65 bits per heavy atom. The van der Waals surface area contributed by atoms with Crippen molar-refractivity contribution in [2.45, 2.75) is 44.9 Å². The molecule has 0 saturated heterocycles. The van der Waals surface area contributed by atoms with E-state index in [1.165, 1.54) is 0 Å². The molecular weight excluding hydrogens is 300 g/mol. The Hall–Kier alpha value is -0.260. The molecular formula is C12H19BrN2OS. The Kier molecular flexibility index (Phi) is 5.28. The lowest BCUT2D eigenvalue weighted by Gasteiger charge is -2.23. The van der Waals surface area contributed by atoms with E-state index in [2.05, 4.69) is 32.6 Å². The predicted octanol–water partition coefficient (Wildman–Crippen LogP) is 3.35. The van der Waals surface area contributed by atoms with E-state index < -0.39 is 11.0 Å². The maximum absolute atomic E-state index is 12.1. The van der Waals surface area contributed by atoms with Gasteiger partial charge in [-0.3, -0.25) is 0 Å². The first-order valence-corrected chi connectivity index (χ1v) is 7.58. The number of pyridine rings is 1. The van der Waals surface area contributed by atoms with Crippen molar-refractivity contribution < 1.29 is 4.21 Å². The van der Waals surface area contributed by atoms with E-state index in [-0.39, 0.29) is 10.8 Å². The summed E-state index contributed by atoms with van der Waals surface area (Å²) >= 11 is 3.35. The van der Waals surface area contributed by atoms with E-state index in [1.807, 2.05) is 32.9 Å². The topological polar surface area (TPSA) is 42.0 Å². The molecule has 1 N–H and O–H groups in total. The van der Waals surface area contributed by atoms with Crippen LogP contribution in [0.3, 0.4) is 0 Å². The zero-order chi connectivity index (χ0) is 13.1. The molecule has 0 fully saturated rings. The summed E-state index contributed by atoms with van der Waals surface area (Å²) in [6.07, 6.45) is 2.64. The maximum atomic E-state index is 12.1. The molecule has 1 rings (SSSR count). The summed E-state index contributed by atoms with van der Waals surface area (Å²) in [6, 6.07) is 4.00. The summed E-state index contributed by atoms with van der Waals surface area (Å²) in [7, 11) is -1.06. The lowest BCUT2D eigenvalue weighted by atomic mass is 10.1. The number of hydrogen-bond acceptors (Lipinski definition) is 2. The molecule has 0 amide bonds. The van der Waals surface area contributed by atoms with Gasteiger partial charge in [-0.25, -0.2) is 13.9 Å². The third kappa shape index (κ3) is 4.48. The zero-order valence-electron chi connectivity index (χ0n) is 10.7. The molecule has 0 radical (unpaired) electrons. The summed E-state index contributed by atoms with van der Waals surface area (Å²) < 4.78 is 15.8. The van der Waals surface area contributed by atoms with Crippen LogP contribution in [0.25, 0.3) is 0 Å². The van der Waals surface area contributed by atoms with Crippen LogP contribution < -0.4 is 4.72 Å². The summed E-state index contributed by atoms with van der Waals surface area (Å²) in [5, 5.41) is 0. The Balaban J connectivity index is 2.83. The van der Waals surface area contributed by atoms with Crippen LogP contribution in [0.1, 0.15) is 45.7 Å². The first kappa shape index (κ1) is 14.8. The van der Waals surface area contributed by atoms with Gasteiger partial charge in [0.05, 0.1) is 15.7 Å². The molecule has 0 aromatic carbocycles. The van der Waals surface area contributed by atoms with Crippen LogP contribution in [0, 0.1) is 0 Å². The van der Waals surface area contributed by atoms with Crippen LogP contribution in [0.15, 0.2) is 22.9 Å². The van der Waals surface area contributed by atoms with Crippen LogP contribution in [-0.4, -0.2) is 13.9 Å². The Morgan fingerprint density at radius 1 is 1.53 bits per heavy atom. The fourth-order valence-corrected chi connectivity index (χ4v) is 2.62. The number of nitrogens with one attached hydrogen (secondary N) is 1. The van der Waals surface area contributed by atoms with Crippen molar-refractivity contribution in [1.29, 1.82) is 0 Å². The molecule has 2 atom stereocenters. The van der Waals surface area contributed by atoms with Crippen LogP contribution in [-0.2, 0) is 11.0 Å². The number of hydrogen-bond donors (Lipinski definition) is 1. The number of nitrogens with zero attached hydrogens (tertiary/aromatic N) is 1. The fraction of sp³-hybridized carbons (Fsp3) is 0.583. The second-order valence-electron chi connectivity index (χ2n) is 4.87. The van der Waals surface area contributed by atoms with E-state index >= 15 is 0 Å². The molecule has 0 aliphatic carbocycles. The minimum Gasteiger partial charge on any atom is -0.249 e. The average Bonchev–Trinajstić information content (AvgIpc) is 2.24. The highest BCUT2D eigenvalue weighted by atomic mass is 79.9. The Bertz CT molecular complexity index is 404. The second-order valence-corrected chi connectivity index (χ2v) is 7.68. The van der Waals surface area contributed by atoms with Gasteiger partial charge in [-0.2, -0.15) is 0 Å². The molecule has 1 aromatic heterocycles. The molecule has 3 nitrogen and oxygen atoms in total. The molecule has 0 aliphatic rings. The van der Waals surface area contributed by atoms with Crippen molar-refractivity contribution in [1.82, 2.24) is 9.71 Å². The monoisotopic (exact) mass is 318 g/mol. The number of aromatic nitrogens is 1. The van der Waals surface area contributed by atoms with Crippen molar-refractivity contribution in [3.63, 3.8) is 0 Å². The third-order valence-electron chi connectivity index (χ3n) is 2.37.